The third kappa shape index (κ3) is 2.04. The zero-order valence-corrected chi connectivity index (χ0v) is 13.2. The zero-order chi connectivity index (χ0) is 18.0. The molecule has 0 N–H and O–H groups in total. The average Bonchev–Trinajstić information content (AvgIpc) is 2.56. The molecule has 25 heavy (non-hydrogen) atoms. The van der Waals surface area contributed by atoms with Crippen LogP contribution in [0, 0.1) is 28.7 Å². The van der Waals surface area contributed by atoms with Crippen molar-refractivity contribution in [1.29, 1.82) is 0 Å². The van der Waals surface area contributed by atoms with Gasteiger partial charge in [0, 0.05) is 11.8 Å². The van der Waals surface area contributed by atoms with Crippen LogP contribution in [0.2, 0.25) is 5.02 Å². The van der Waals surface area contributed by atoms with Gasteiger partial charge in [0.2, 0.25) is 5.82 Å². The number of rotatable bonds is 1. The largest absolute Gasteiger partial charge is 0.449 e. The van der Waals surface area contributed by atoms with E-state index in [-0.39, 0.29) is 32.9 Å². The summed E-state index contributed by atoms with van der Waals surface area (Å²) in [6.07, 6.45) is 1.43. The maximum absolute atomic E-state index is 14.2. The molecule has 2 heterocycles. The van der Waals surface area contributed by atoms with Gasteiger partial charge in [-0.1, -0.05) is 11.6 Å². The van der Waals surface area contributed by atoms with Crippen LogP contribution in [0.25, 0.3) is 16.6 Å². The molecule has 0 radical (unpaired) electrons. The summed E-state index contributed by atoms with van der Waals surface area (Å²) in [5, 5.41) is 10.8. The maximum Gasteiger partial charge on any atom is 0.291 e. The number of nitro benzene ring substituents is 1. The highest BCUT2D eigenvalue weighted by atomic mass is 35.5. The lowest BCUT2D eigenvalue weighted by atomic mass is 10.1. The number of nitro groups is 1. The minimum absolute atomic E-state index is 0.0342. The van der Waals surface area contributed by atoms with Crippen molar-refractivity contribution in [3.8, 4) is 17.2 Å². The van der Waals surface area contributed by atoms with Crippen LogP contribution >= 0.6 is 11.6 Å². The summed E-state index contributed by atoms with van der Waals surface area (Å²) in [5.74, 6) is -3.11. The number of hydrogen-bond donors (Lipinski definition) is 0. The Morgan fingerprint density at radius 3 is 2.68 bits per heavy atom. The molecule has 0 saturated carbocycles. The predicted molar refractivity (Wildman–Crippen MR) is 85.9 cm³/mol. The van der Waals surface area contributed by atoms with E-state index < -0.39 is 33.4 Å². The fourth-order valence-corrected chi connectivity index (χ4v) is 3.10. The van der Waals surface area contributed by atoms with Crippen LogP contribution in [0.5, 0.6) is 11.5 Å². The quantitative estimate of drug-likeness (QED) is 0.374. The highest BCUT2D eigenvalue weighted by molar-refractivity contribution is 6.33. The highest BCUT2D eigenvalue weighted by Crippen LogP contribution is 2.45. The van der Waals surface area contributed by atoms with E-state index in [1.165, 1.54) is 23.8 Å². The number of fused-ring (bicyclic) bond motifs is 2. The Morgan fingerprint density at radius 1 is 1.28 bits per heavy atom. The normalized spacial score (nSPS) is 12.0. The van der Waals surface area contributed by atoms with Gasteiger partial charge in [0.1, 0.15) is 10.5 Å². The van der Waals surface area contributed by atoms with Gasteiger partial charge >= 0.3 is 0 Å². The van der Waals surface area contributed by atoms with Gasteiger partial charge < -0.3 is 9.30 Å². The van der Waals surface area contributed by atoms with E-state index in [0.29, 0.717) is 0 Å². The van der Waals surface area contributed by atoms with E-state index in [2.05, 4.69) is 0 Å². The summed E-state index contributed by atoms with van der Waals surface area (Å²) in [5.41, 5.74) is -0.304. The number of halogens is 3. The van der Waals surface area contributed by atoms with E-state index in [1.54, 1.807) is 0 Å². The van der Waals surface area contributed by atoms with Gasteiger partial charge in [-0.25, -0.2) is 4.39 Å². The van der Waals surface area contributed by atoms with Crippen LogP contribution in [0.3, 0.4) is 0 Å². The third-order valence-corrected chi connectivity index (χ3v) is 4.32. The first-order valence-electron chi connectivity index (χ1n) is 6.99. The summed E-state index contributed by atoms with van der Waals surface area (Å²) in [4.78, 5) is 22.6. The first-order chi connectivity index (χ1) is 11.8. The van der Waals surface area contributed by atoms with E-state index in [9.17, 15) is 23.7 Å². The molecule has 126 valence electrons. The molecule has 0 amide bonds. The van der Waals surface area contributed by atoms with Gasteiger partial charge in [0.25, 0.3) is 5.69 Å². The number of hydrogen-bond acceptors (Lipinski definition) is 4. The second-order valence-electron chi connectivity index (χ2n) is 5.54. The number of aryl methyl sites for hydroxylation is 1. The molecule has 9 heteroatoms. The number of benzene rings is 2. The van der Waals surface area contributed by atoms with Crippen molar-refractivity contribution in [3.63, 3.8) is 0 Å². The van der Waals surface area contributed by atoms with Gasteiger partial charge in [-0.2, -0.15) is 4.39 Å². The maximum atomic E-state index is 14.2. The lowest BCUT2D eigenvalue weighted by Gasteiger charge is -2.24. The second kappa shape index (κ2) is 5.00. The molecule has 4 rings (SSSR count). The number of aromatic nitrogens is 1. The molecule has 2 aromatic carbocycles. The van der Waals surface area contributed by atoms with Crippen LogP contribution in [0.15, 0.2) is 29.2 Å². The van der Waals surface area contributed by atoms with Crippen LogP contribution < -0.4 is 10.2 Å². The number of nitrogens with zero attached hydrogens (tertiary/aromatic N) is 2. The van der Waals surface area contributed by atoms with E-state index in [1.807, 2.05) is 0 Å². The SMILES string of the molecule is Cc1cn2c3c(c(F)c(F)cc3c1=O)Oc1cc([N+](=O)[O-])c(Cl)cc1-2. The molecule has 1 aliphatic rings. The minimum Gasteiger partial charge on any atom is -0.449 e. The Hall–Kier alpha value is -3.00. The molecule has 1 aliphatic heterocycles. The molecule has 0 saturated heterocycles. The predicted octanol–water partition coefficient (Wildman–Crippen LogP) is 4.24. The van der Waals surface area contributed by atoms with Gasteiger partial charge in [0.15, 0.2) is 22.7 Å². The molecule has 0 spiro atoms. The topological polar surface area (TPSA) is 74.4 Å². The van der Waals surface area contributed by atoms with Crippen molar-refractivity contribution >= 4 is 28.2 Å². The molecule has 0 bridgehead atoms. The second-order valence-corrected chi connectivity index (χ2v) is 5.95. The van der Waals surface area contributed by atoms with E-state index >= 15 is 0 Å². The molecular formula is C16H7ClF2N2O4. The van der Waals surface area contributed by atoms with Crippen LogP contribution in [0.1, 0.15) is 5.56 Å². The summed E-state index contributed by atoms with van der Waals surface area (Å²) < 4.78 is 34.9. The van der Waals surface area contributed by atoms with Crippen molar-refractivity contribution in [3.05, 3.63) is 67.0 Å². The van der Waals surface area contributed by atoms with Gasteiger partial charge in [-0.3, -0.25) is 14.9 Å². The Kier molecular flexibility index (Phi) is 3.10. The lowest BCUT2D eigenvalue weighted by molar-refractivity contribution is -0.384. The standard InChI is InChI=1S/C16H7ClF2N2O4/c1-6-5-20-11-3-8(17)10(21(23)24)4-12(11)25-16-13(19)9(18)2-7(14(16)20)15(6)22/h2-5H,1H3. The average molecular weight is 365 g/mol. The fraction of sp³-hybridized carbons (Fsp3) is 0.0625. The Bertz CT molecular complexity index is 1170. The summed E-state index contributed by atoms with van der Waals surface area (Å²) in [7, 11) is 0. The van der Waals surface area contributed by atoms with E-state index in [4.69, 9.17) is 16.3 Å². The Balaban J connectivity index is 2.20. The number of pyridine rings is 1. The van der Waals surface area contributed by atoms with Crippen molar-refractivity contribution in [2.24, 2.45) is 0 Å². The van der Waals surface area contributed by atoms with Crippen LogP contribution in [-0.4, -0.2) is 9.49 Å². The Labute approximate surface area is 143 Å². The minimum atomic E-state index is -1.28. The molecular weight excluding hydrogens is 358 g/mol. The molecule has 0 fully saturated rings. The van der Waals surface area contributed by atoms with Crippen molar-refractivity contribution in [1.82, 2.24) is 4.57 Å². The fourth-order valence-electron chi connectivity index (χ4n) is 2.87. The monoisotopic (exact) mass is 364 g/mol. The first-order valence-corrected chi connectivity index (χ1v) is 7.37. The zero-order valence-electron chi connectivity index (χ0n) is 12.5. The molecule has 0 unspecified atom stereocenters. The van der Waals surface area contributed by atoms with Gasteiger partial charge in [-0.05, 0) is 19.1 Å². The lowest BCUT2D eigenvalue weighted by Crippen LogP contribution is -2.16. The van der Waals surface area contributed by atoms with Crippen molar-refractivity contribution in [2.75, 3.05) is 0 Å². The molecule has 6 nitrogen and oxygen atoms in total. The number of ether oxygens (including phenoxy) is 1. The Morgan fingerprint density at radius 2 is 2.00 bits per heavy atom. The molecule has 0 aliphatic carbocycles. The van der Waals surface area contributed by atoms with Crippen molar-refractivity contribution in [2.45, 2.75) is 6.92 Å². The highest BCUT2D eigenvalue weighted by Gasteiger charge is 2.29. The van der Waals surface area contributed by atoms with Crippen molar-refractivity contribution < 1.29 is 18.4 Å². The smallest absolute Gasteiger partial charge is 0.291 e. The van der Waals surface area contributed by atoms with Crippen LogP contribution in [-0.2, 0) is 0 Å². The summed E-state index contributed by atoms with van der Waals surface area (Å²) >= 11 is 5.94. The van der Waals surface area contributed by atoms with Crippen LogP contribution in [0.4, 0.5) is 14.5 Å². The molecule has 0 atom stereocenters. The summed E-state index contributed by atoms with van der Waals surface area (Å²) in [6, 6.07) is 3.12. The van der Waals surface area contributed by atoms with E-state index in [0.717, 1.165) is 12.1 Å². The molecule has 1 aromatic heterocycles. The van der Waals surface area contributed by atoms with Gasteiger partial charge in [0.05, 0.1) is 22.1 Å². The van der Waals surface area contributed by atoms with Gasteiger partial charge in [-0.15, -0.1) is 0 Å². The summed E-state index contributed by atoms with van der Waals surface area (Å²) in [6.45, 7) is 1.52. The third-order valence-electron chi connectivity index (χ3n) is 4.01. The molecule has 3 aromatic rings. The first kappa shape index (κ1) is 15.5.